The number of ketones is 1. The molecule has 0 radical (unpaired) electrons. The fourth-order valence-corrected chi connectivity index (χ4v) is 2.15. The van der Waals surface area contributed by atoms with Crippen molar-refractivity contribution in [1.82, 2.24) is 5.01 Å². The first-order chi connectivity index (χ1) is 10.1. The molecule has 0 bridgehead atoms. The predicted octanol–water partition coefficient (Wildman–Crippen LogP) is 3.50. The average Bonchev–Trinajstić information content (AvgIpc) is 2.48. The standard InChI is InChI=1S/C18H20N2O/c1-15(21)13-18(17-11-7-4-8-12-17)19-20(2)14-16-9-5-3-6-10-16/h3-12H,13-14H2,1-2H3. The van der Waals surface area contributed by atoms with Crippen LogP contribution in [0, 0.1) is 0 Å². The van der Waals surface area contributed by atoms with Crippen LogP contribution in [-0.2, 0) is 11.3 Å². The van der Waals surface area contributed by atoms with Crippen molar-refractivity contribution in [2.24, 2.45) is 5.10 Å². The van der Waals surface area contributed by atoms with Gasteiger partial charge in [-0.15, -0.1) is 0 Å². The molecule has 0 aliphatic carbocycles. The third-order valence-electron chi connectivity index (χ3n) is 3.07. The molecule has 108 valence electrons. The van der Waals surface area contributed by atoms with Crippen LogP contribution in [0.1, 0.15) is 24.5 Å². The van der Waals surface area contributed by atoms with Gasteiger partial charge in [0.05, 0.1) is 18.7 Å². The van der Waals surface area contributed by atoms with Crippen molar-refractivity contribution in [1.29, 1.82) is 0 Å². The lowest BCUT2D eigenvalue weighted by atomic mass is 10.1. The Morgan fingerprint density at radius 2 is 1.57 bits per heavy atom. The third-order valence-corrected chi connectivity index (χ3v) is 3.07. The number of benzene rings is 2. The molecule has 3 nitrogen and oxygen atoms in total. The summed E-state index contributed by atoms with van der Waals surface area (Å²) in [7, 11) is 1.93. The van der Waals surface area contributed by atoms with Crippen molar-refractivity contribution in [2.75, 3.05) is 7.05 Å². The number of Topliss-reactive ketones (excluding diaryl/α,β-unsaturated/α-hetero) is 1. The zero-order valence-corrected chi connectivity index (χ0v) is 12.5. The molecule has 3 heteroatoms. The molecule has 0 fully saturated rings. The van der Waals surface area contributed by atoms with E-state index in [4.69, 9.17) is 0 Å². The summed E-state index contributed by atoms with van der Waals surface area (Å²) in [6, 6.07) is 20.0. The molecule has 2 aromatic rings. The monoisotopic (exact) mass is 280 g/mol. The fourth-order valence-electron chi connectivity index (χ4n) is 2.15. The number of rotatable bonds is 6. The molecule has 0 atom stereocenters. The molecule has 0 saturated carbocycles. The van der Waals surface area contributed by atoms with Gasteiger partial charge >= 0.3 is 0 Å². The lowest BCUT2D eigenvalue weighted by Gasteiger charge is -2.16. The highest BCUT2D eigenvalue weighted by molar-refractivity contribution is 6.10. The van der Waals surface area contributed by atoms with E-state index in [0.29, 0.717) is 6.42 Å². The fraction of sp³-hybridized carbons (Fsp3) is 0.222. The van der Waals surface area contributed by atoms with Crippen LogP contribution >= 0.6 is 0 Å². The van der Waals surface area contributed by atoms with Crippen LogP contribution in [0.5, 0.6) is 0 Å². The normalized spacial score (nSPS) is 11.2. The molecule has 2 aromatic carbocycles. The Hall–Kier alpha value is -2.42. The highest BCUT2D eigenvalue weighted by Crippen LogP contribution is 2.09. The van der Waals surface area contributed by atoms with Crippen molar-refractivity contribution < 1.29 is 4.79 Å². The molecule has 0 spiro atoms. The number of carbonyl (C=O) groups excluding carboxylic acids is 1. The second-order valence-corrected chi connectivity index (χ2v) is 5.09. The van der Waals surface area contributed by atoms with E-state index >= 15 is 0 Å². The third kappa shape index (κ3) is 4.88. The van der Waals surface area contributed by atoms with Gasteiger partial charge in [-0.25, -0.2) is 0 Å². The van der Waals surface area contributed by atoms with E-state index < -0.39 is 0 Å². The summed E-state index contributed by atoms with van der Waals surface area (Å²) >= 11 is 0. The Morgan fingerprint density at radius 1 is 1.00 bits per heavy atom. The van der Waals surface area contributed by atoms with Gasteiger partial charge in [-0.1, -0.05) is 60.7 Å². The predicted molar refractivity (Wildman–Crippen MR) is 86.2 cm³/mol. The number of nitrogens with zero attached hydrogens (tertiary/aromatic N) is 2. The summed E-state index contributed by atoms with van der Waals surface area (Å²) < 4.78 is 0. The van der Waals surface area contributed by atoms with Gasteiger partial charge < -0.3 is 0 Å². The Bertz CT molecular complexity index is 606. The van der Waals surface area contributed by atoms with Gasteiger partial charge in [-0.3, -0.25) is 9.80 Å². The molecule has 0 heterocycles. The lowest BCUT2D eigenvalue weighted by molar-refractivity contribution is -0.115. The van der Waals surface area contributed by atoms with Gasteiger partial charge in [0.15, 0.2) is 0 Å². The maximum atomic E-state index is 11.5. The second kappa shape index (κ2) is 7.39. The largest absolute Gasteiger partial charge is 0.300 e. The molecule has 21 heavy (non-hydrogen) atoms. The minimum absolute atomic E-state index is 0.116. The minimum atomic E-state index is 0.116. The second-order valence-electron chi connectivity index (χ2n) is 5.09. The number of carbonyl (C=O) groups is 1. The van der Waals surface area contributed by atoms with Crippen molar-refractivity contribution in [2.45, 2.75) is 19.9 Å². The first kappa shape index (κ1) is 15.0. The van der Waals surface area contributed by atoms with Crippen LogP contribution in [0.3, 0.4) is 0 Å². The van der Waals surface area contributed by atoms with Crippen LogP contribution in [0.4, 0.5) is 0 Å². The zero-order chi connectivity index (χ0) is 15.1. The molecule has 0 aliphatic heterocycles. The Kier molecular flexibility index (Phi) is 5.27. The molecule has 0 amide bonds. The molecule has 0 aliphatic rings. The van der Waals surface area contributed by atoms with Gasteiger partial charge in [0.2, 0.25) is 0 Å². The van der Waals surface area contributed by atoms with Gasteiger partial charge in [-0.2, -0.15) is 5.10 Å². The molecular weight excluding hydrogens is 260 g/mol. The van der Waals surface area contributed by atoms with E-state index in [2.05, 4.69) is 17.2 Å². The SMILES string of the molecule is CC(=O)CC(=NN(C)Cc1ccccc1)c1ccccc1. The maximum Gasteiger partial charge on any atom is 0.135 e. The lowest BCUT2D eigenvalue weighted by Crippen LogP contribution is -2.16. The summed E-state index contributed by atoms with van der Waals surface area (Å²) in [4.78, 5) is 11.5. The van der Waals surface area contributed by atoms with E-state index in [1.807, 2.05) is 60.6 Å². The summed E-state index contributed by atoms with van der Waals surface area (Å²) in [5.41, 5.74) is 2.99. The quantitative estimate of drug-likeness (QED) is 0.599. The van der Waals surface area contributed by atoms with Gasteiger partial charge in [0.25, 0.3) is 0 Å². The summed E-state index contributed by atoms with van der Waals surface area (Å²) in [5.74, 6) is 0.116. The first-order valence-electron chi connectivity index (χ1n) is 7.02. The van der Waals surface area contributed by atoms with Gasteiger partial charge in [-0.05, 0) is 18.1 Å². The van der Waals surface area contributed by atoms with Gasteiger partial charge in [0, 0.05) is 7.05 Å². The van der Waals surface area contributed by atoms with E-state index in [0.717, 1.165) is 17.8 Å². The Balaban J connectivity index is 2.17. The van der Waals surface area contributed by atoms with E-state index in [1.165, 1.54) is 5.56 Å². The number of hydrogen-bond donors (Lipinski definition) is 0. The Labute approximate surface area is 125 Å². The molecular formula is C18H20N2O. The smallest absolute Gasteiger partial charge is 0.135 e. The summed E-state index contributed by atoms with van der Waals surface area (Å²) in [6.45, 7) is 2.31. The highest BCUT2D eigenvalue weighted by Gasteiger charge is 2.08. The van der Waals surface area contributed by atoms with Crippen molar-refractivity contribution >= 4 is 11.5 Å². The van der Waals surface area contributed by atoms with E-state index in [9.17, 15) is 4.79 Å². The highest BCUT2D eigenvalue weighted by atomic mass is 16.1. The average molecular weight is 280 g/mol. The van der Waals surface area contributed by atoms with E-state index in [1.54, 1.807) is 6.92 Å². The van der Waals surface area contributed by atoms with Crippen LogP contribution in [0.15, 0.2) is 65.8 Å². The first-order valence-corrected chi connectivity index (χ1v) is 7.02. The molecule has 0 aromatic heterocycles. The van der Waals surface area contributed by atoms with Gasteiger partial charge in [0.1, 0.15) is 5.78 Å². The van der Waals surface area contributed by atoms with Crippen LogP contribution < -0.4 is 0 Å². The number of hydrogen-bond acceptors (Lipinski definition) is 3. The zero-order valence-electron chi connectivity index (χ0n) is 12.5. The van der Waals surface area contributed by atoms with Crippen LogP contribution in [0.2, 0.25) is 0 Å². The minimum Gasteiger partial charge on any atom is -0.300 e. The van der Waals surface area contributed by atoms with Crippen LogP contribution in [0.25, 0.3) is 0 Å². The molecule has 0 saturated heterocycles. The summed E-state index contributed by atoms with van der Waals surface area (Å²) in [5, 5.41) is 6.49. The van der Waals surface area contributed by atoms with E-state index in [-0.39, 0.29) is 5.78 Å². The molecule has 0 N–H and O–H groups in total. The Morgan fingerprint density at radius 3 is 2.14 bits per heavy atom. The number of hydrazone groups is 1. The van der Waals surface area contributed by atoms with Crippen molar-refractivity contribution in [3.63, 3.8) is 0 Å². The van der Waals surface area contributed by atoms with Crippen molar-refractivity contribution in [3.05, 3.63) is 71.8 Å². The maximum absolute atomic E-state index is 11.5. The molecule has 2 rings (SSSR count). The molecule has 0 unspecified atom stereocenters. The topological polar surface area (TPSA) is 32.7 Å². The van der Waals surface area contributed by atoms with Crippen LogP contribution in [-0.4, -0.2) is 23.6 Å². The summed E-state index contributed by atoms with van der Waals surface area (Å²) in [6.07, 6.45) is 0.350. The van der Waals surface area contributed by atoms with Crippen molar-refractivity contribution in [3.8, 4) is 0 Å².